The van der Waals surface area contributed by atoms with Crippen LogP contribution in [-0.4, -0.2) is 6.71 Å². The molecule has 0 saturated heterocycles. The van der Waals surface area contributed by atoms with Gasteiger partial charge in [-0.15, -0.1) is 0 Å². The molecule has 2 heterocycles. The van der Waals surface area contributed by atoms with Crippen LogP contribution in [-0.2, 0) is 21.7 Å². The number of nitrogens with zero attached hydrogens (tertiary/aromatic N) is 2. The van der Waals surface area contributed by atoms with Crippen LogP contribution in [0.4, 0.5) is 34.1 Å². The van der Waals surface area contributed by atoms with Crippen LogP contribution < -0.4 is 26.2 Å². The zero-order valence-electron chi connectivity index (χ0n) is 62.9. The molecular weight excluding hydrogens is 1170 g/mol. The Labute approximate surface area is 583 Å². The molecule has 2 nitrogen and oxygen atoms in total. The van der Waals surface area contributed by atoms with Crippen molar-refractivity contribution >= 4 is 57.2 Å². The quantitative estimate of drug-likeness (QED) is 0.126. The van der Waals surface area contributed by atoms with Crippen LogP contribution in [0.1, 0.15) is 112 Å². The van der Waals surface area contributed by atoms with Gasteiger partial charge in [0.25, 0.3) is 6.71 Å². The fraction of sp³-hybridized carbons (Fsp3) is 0.170. The highest BCUT2D eigenvalue weighted by Gasteiger charge is 2.47. The predicted octanol–water partition coefficient (Wildman–Crippen LogP) is 24.3. The van der Waals surface area contributed by atoms with E-state index in [1.54, 1.807) is 0 Å². The SMILES string of the molecule is [2H]c1c([2H])c([2H])c(-c2cc3c4c(c2)N(c2c(-c5ccccc5)cc(C(C)(C)C)cc2-c2ccccc2)c2cc(C(C)(C)C)c(-c5ccccc5)cc2B4c2ccc(-c4cc(-c5ccccc5)cc(C(C)(C)C)c4)cc2N3c2c(-c3ccccc3)cc(C(C)(C)C)cc2-c2ccccc2)c([2H])c1[2H]. The maximum absolute atomic E-state index is 10.1. The zero-order valence-corrected chi connectivity index (χ0v) is 57.9. The molecule has 2 aliphatic heterocycles. The largest absolute Gasteiger partial charge is 0.310 e. The van der Waals surface area contributed by atoms with Gasteiger partial charge < -0.3 is 9.80 Å². The number of anilines is 6. The van der Waals surface area contributed by atoms with E-state index < -0.39 is 24.8 Å². The minimum Gasteiger partial charge on any atom is -0.310 e. The van der Waals surface area contributed by atoms with Crippen LogP contribution in [0, 0.1) is 0 Å². The number of rotatable bonds is 10. The molecule has 0 spiro atoms. The van der Waals surface area contributed by atoms with Gasteiger partial charge in [0.1, 0.15) is 0 Å². The van der Waals surface area contributed by atoms with Crippen molar-refractivity contribution in [3.63, 3.8) is 0 Å². The Hall–Kier alpha value is -10.5. The highest BCUT2D eigenvalue weighted by molar-refractivity contribution is 7.00. The van der Waals surface area contributed by atoms with Gasteiger partial charge in [0, 0.05) is 45.0 Å². The molecule has 13 aromatic rings. The van der Waals surface area contributed by atoms with Crippen molar-refractivity contribution in [2.24, 2.45) is 0 Å². The summed E-state index contributed by atoms with van der Waals surface area (Å²) >= 11 is 0. The van der Waals surface area contributed by atoms with Crippen molar-refractivity contribution in [3.05, 3.63) is 319 Å². The molecule has 13 aromatic carbocycles. The molecule has 0 radical (unpaired) electrons. The molecule has 0 aliphatic carbocycles. The van der Waals surface area contributed by atoms with Crippen LogP contribution in [0.25, 0.3) is 89.0 Å². The Morgan fingerprint density at radius 3 is 0.990 bits per heavy atom. The molecule has 0 N–H and O–H groups in total. The molecule has 0 bridgehead atoms. The molecule has 97 heavy (non-hydrogen) atoms. The zero-order chi connectivity index (χ0) is 71.5. The fourth-order valence-corrected chi connectivity index (χ4v) is 14.7. The van der Waals surface area contributed by atoms with E-state index in [9.17, 15) is 5.48 Å². The number of benzene rings is 13. The minimum atomic E-state index is -0.448. The van der Waals surface area contributed by atoms with Gasteiger partial charge in [-0.1, -0.05) is 326 Å². The van der Waals surface area contributed by atoms with E-state index in [1.165, 1.54) is 16.7 Å². The van der Waals surface area contributed by atoms with E-state index in [-0.39, 0.29) is 39.3 Å². The summed E-state index contributed by atoms with van der Waals surface area (Å²) in [7, 11) is 0. The van der Waals surface area contributed by atoms with E-state index in [1.807, 2.05) is 0 Å². The first kappa shape index (κ1) is 56.8. The highest BCUT2D eigenvalue weighted by atomic mass is 15.2. The first-order valence-electron chi connectivity index (χ1n) is 36.8. The van der Waals surface area contributed by atoms with E-state index in [0.717, 1.165) is 134 Å². The van der Waals surface area contributed by atoms with Crippen molar-refractivity contribution in [1.82, 2.24) is 0 Å². The summed E-state index contributed by atoms with van der Waals surface area (Å²) < 4.78 is 48.2. The normalized spacial score (nSPS) is 13.6. The maximum Gasteiger partial charge on any atom is 0.252 e. The molecule has 474 valence electrons. The Kier molecular flexibility index (Phi) is 14.2. The smallest absolute Gasteiger partial charge is 0.252 e. The molecule has 0 unspecified atom stereocenters. The average molecular weight is 1260 g/mol. The first-order valence-corrected chi connectivity index (χ1v) is 34.3. The van der Waals surface area contributed by atoms with Gasteiger partial charge in [-0.3, -0.25) is 0 Å². The third-order valence-corrected chi connectivity index (χ3v) is 19.9. The monoisotopic (exact) mass is 1260 g/mol. The van der Waals surface area contributed by atoms with E-state index in [2.05, 4.69) is 360 Å². The Morgan fingerprint density at radius 1 is 0.258 bits per heavy atom. The second-order valence-corrected chi connectivity index (χ2v) is 30.6. The van der Waals surface area contributed by atoms with Gasteiger partial charge in [0.05, 0.1) is 18.2 Å². The van der Waals surface area contributed by atoms with Crippen LogP contribution in [0.5, 0.6) is 0 Å². The molecule has 3 heteroatoms. The molecule has 0 aromatic heterocycles. The van der Waals surface area contributed by atoms with Gasteiger partial charge >= 0.3 is 0 Å². The summed E-state index contributed by atoms with van der Waals surface area (Å²) in [5.41, 5.74) is 27.7. The van der Waals surface area contributed by atoms with Crippen molar-refractivity contribution in [1.29, 1.82) is 0 Å². The molecule has 0 saturated carbocycles. The predicted molar refractivity (Wildman–Crippen MR) is 419 cm³/mol. The molecular formula is C94H85BN2. The van der Waals surface area contributed by atoms with Gasteiger partial charge in [0.15, 0.2) is 0 Å². The van der Waals surface area contributed by atoms with Crippen molar-refractivity contribution in [2.75, 3.05) is 9.80 Å². The number of hydrogen-bond donors (Lipinski definition) is 0. The first-order chi connectivity index (χ1) is 48.7. The van der Waals surface area contributed by atoms with Crippen LogP contribution in [0.15, 0.2) is 297 Å². The van der Waals surface area contributed by atoms with Crippen molar-refractivity contribution in [3.8, 4) is 89.0 Å². The lowest BCUT2D eigenvalue weighted by molar-refractivity contribution is 0.590. The molecule has 0 amide bonds. The van der Waals surface area contributed by atoms with Crippen LogP contribution in [0.2, 0.25) is 0 Å². The van der Waals surface area contributed by atoms with Crippen LogP contribution >= 0.6 is 0 Å². The standard InChI is InChI=1S/C94H85BN2/c1-91(2,3)73-51-70(62-34-20-13-21-35-62)50-71(52-73)69-48-49-82-84(53-69)96(89-77(65-40-26-16-27-41-65)56-74(92(4,5)6)57-78(89)66-42-28-17-29-43-66)86-54-72(63-36-22-14-23-37-63)55-87-88(86)95(82)83-60-76(64-38-24-15-25-39-64)81(94(10,11)12)61-85(83)97(87)90-79(67-44-30-18-31-45-67)58-75(93(7,8)9)59-80(90)68-46-32-19-33-47-68/h13-61H,1-12H3/i14D,22D,23D,36D,37D. The second-order valence-electron chi connectivity index (χ2n) is 30.6. The van der Waals surface area contributed by atoms with Gasteiger partial charge in [-0.05, 0) is 182 Å². The summed E-state index contributed by atoms with van der Waals surface area (Å²) in [6.45, 7) is 27.1. The number of hydrogen-bond acceptors (Lipinski definition) is 2. The summed E-state index contributed by atoms with van der Waals surface area (Å²) in [5.74, 6) is 0. The van der Waals surface area contributed by atoms with Crippen molar-refractivity contribution in [2.45, 2.75) is 105 Å². The van der Waals surface area contributed by atoms with Gasteiger partial charge in [-0.2, -0.15) is 0 Å². The summed E-state index contributed by atoms with van der Waals surface area (Å²) in [6, 6.07) is 96.0. The van der Waals surface area contributed by atoms with Crippen LogP contribution in [0.3, 0.4) is 0 Å². The highest BCUT2D eigenvalue weighted by Crippen LogP contribution is 2.56. The van der Waals surface area contributed by atoms with Gasteiger partial charge in [0.2, 0.25) is 0 Å². The summed E-state index contributed by atoms with van der Waals surface area (Å²) in [6.07, 6.45) is 0. The fourth-order valence-electron chi connectivity index (χ4n) is 14.7. The second kappa shape index (κ2) is 24.3. The Morgan fingerprint density at radius 2 is 0.598 bits per heavy atom. The molecule has 0 atom stereocenters. The lowest BCUT2D eigenvalue weighted by Crippen LogP contribution is -2.61. The lowest BCUT2D eigenvalue weighted by atomic mass is 9.33. The molecule has 0 fully saturated rings. The van der Waals surface area contributed by atoms with Crippen molar-refractivity contribution < 1.29 is 6.85 Å². The number of fused-ring (bicyclic) bond motifs is 4. The topological polar surface area (TPSA) is 6.48 Å². The Bertz CT molecular complexity index is 5270. The minimum absolute atomic E-state index is 0.119. The lowest BCUT2D eigenvalue weighted by Gasteiger charge is -2.47. The Balaban J connectivity index is 1.20. The average Bonchev–Trinajstić information content (AvgIpc) is 0.683. The summed E-state index contributed by atoms with van der Waals surface area (Å²) in [5, 5.41) is 0. The van der Waals surface area contributed by atoms with E-state index in [0.29, 0.717) is 5.56 Å². The molecule has 2 aliphatic rings. The van der Waals surface area contributed by atoms with Gasteiger partial charge in [-0.25, -0.2) is 0 Å². The maximum atomic E-state index is 10.1. The van der Waals surface area contributed by atoms with E-state index in [4.69, 9.17) is 1.37 Å². The summed E-state index contributed by atoms with van der Waals surface area (Å²) in [4.78, 5) is 5.03. The molecule has 15 rings (SSSR count). The third kappa shape index (κ3) is 11.6. The third-order valence-electron chi connectivity index (χ3n) is 19.9. The van der Waals surface area contributed by atoms with E-state index >= 15 is 0 Å².